The van der Waals surface area contributed by atoms with E-state index >= 15 is 0 Å². The SMILES string of the molecule is CC(C)[C@H](NC(=O)C(N)=O)C(=O)N[C@@H](C[C@@H]1CCNC1=O)C(=O)COc1c(F)c(F)cc(F)c1F. The molecule has 0 bridgehead atoms. The summed E-state index contributed by atoms with van der Waals surface area (Å²) in [6, 6.07) is -2.79. The fourth-order valence-electron chi connectivity index (χ4n) is 3.36. The van der Waals surface area contributed by atoms with E-state index in [-0.39, 0.29) is 12.5 Å². The highest BCUT2D eigenvalue weighted by molar-refractivity contribution is 6.34. The van der Waals surface area contributed by atoms with Gasteiger partial charge in [0.2, 0.25) is 23.4 Å². The van der Waals surface area contributed by atoms with Gasteiger partial charge in [0.15, 0.2) is 23.2 Å². The minimum absolute atomic E-state index is 0.0342. The quantitative estimate of drug-likeness (QED) is 0.197. The maximum Gasteiger partial charge on any atom is 0.309 e. The predicted molar refractivity (Wildman–Crippen MR) is 110 cm³/mol. The third-order valence-electron chi connectivity index (χ3n) is 5.28. The molecule has 10 nitrogen and oxygen atoms in total. The first-order chi connectivity index (χ1) is 16.3. The minimum Gasteiger partial charge on any atom is -0.479 e. The molecule has 1 aliphatic heterocycles. The fourth-order valence-corrected chi connectivity index (χ4v) is 3.36. The number of ketones is 1. The molecular weight excluding hydrogens is 480 g/mol. The first-order valence-corrected chi connectivity index (χ1v) is 10.5. The molecule has 1 fully saturated rings. The highest BCUT2D eigenvalue weighted by Crippen LogP contribution is 2.26. The number of halogens is 4. The van der Waals surface area contributed by atoms with Gasteiger partial charge in [-0.05, 0) is 18.8 Å². The van der Waals surface area contributed by atoms with Crippen LogP contribution in [0.25, 0.3) is 0 Å². The van der Waals surface area contributed by atoms with Crippen LogP contribution in [0.2, 0.25) is 0 Å². The van der Waals surface area contributed by atoms with Gasteiger partial charge in [-0.15, -0.1) is 0 Å². The van der Waals surface area contributed by atoms with Crippen LogP contribution in [0.3, 0.4) is 0 Å². The van der Waals surface area contributed by atoms with Gasteiger partial charge < -0.3 is 26.4 Å². The molecule has 2 rings (SSSR count). The third kappa shape index (κ3) is 6.90. The Morgan fingerprint density at radius 1 is 1.11 bits per heavy atom. The smallest absolute Gasteiger partial charge is 0.309 e. The zero-order valence-electron chi connectivity index (χ0n) is 18.8. The summed E-state index contributed by atoms with van der Waals surface area (Å²) >= 11 is 0. The monoisotopic (exact) mass is 504 g/mol. The van der Waals surface area contributed by atoms with Gasteiger partial charge in [0.05, 0.1) is 6.04 Å². The Kier molecular flexibility index (Phi) is 9.14. The molecule has 1 aromatic rings. The Hall–Kier alpha value is -3.71. The van der Waals surface area contributed by atoms with Gasteiger partial charge in [0.25, 0.3) is 0 Å². The molecular formula is C21H24F4N4O6. The number of hydrogen-bond acceptors (Lipinski definition) is 6. The molecule has 0 radical (unpaired) electrons. The molecule has 0 unspecified atom stereocenters. The van der Waals surface area contributed by atoms with Crippen molar-refractivity contribution in [1.82, 2.24) is 16.0 Å². The third-order valence-corrected chi connectivity index (χ3v) is 5.28. The Morgan fingerprint density at radius 2 is 1.71 bits per heavy atom. The number of nitrogens with two attached hydrogens (primary N) is 1. The van der Waals surface area contributed by atoms with Crippen LogP contribution < -0.4 is 26.4 Å². The fraction of sp³-hybridized carbons (Fsp3) is 0.476. The van der Waals surface area contributed by atoms with E-state index in [1.165, 1.54) is 13.8 Å². The van der Waals surface area contributed by atoms with Crippen LogP contribution in [-0.4, -0.2) is 54.6 Å². The van der Waals surface area contributed by atoms with Crippen molar-refractivity contribution >= 4 is 29.4 Å². The molecule has 1 saturated heterocycles. The molecule has 35 heavy (non-hydrogen) atoms. The highest BCUT2D eigenvalue weighted by Gasteiger charge is 2.34. The highest BCUT2D eigenvalue weighted by atomic mass is 19.2. The number of benzene rings is 1. The number of primary amides is 1. The van der Waals surface area contributed by atoms with E-state index in [0.29, 0.717) is 13.0 Å². The summed E-state index contributed by atoms with van der Waals surface area (Å²) in [6.45, 7) is 2.26. The van der Waals surface area contributed by atoms with Crippen LogP contribution in [-0.2, 0) is 24.0 Å². The molecule has 4 amide bonds. The zero-order valence-corrected chi connectivity index (χ0v) is 18.8. The Morgan fingerprint density at radius 3 is 2.20 bits per heavy atom. The second kappa shape index (κ2) is 11.6. The van der Waals surface area contributed by atoms with Crippen LogP contribution in [0.4, 0.5) is 17.6 Å². The maximum atomic E-state index is 13.8. The van der Waals surface area contributed by atoms with Crippen LogP contribution in [0.5, 0.6) is 5.75 Å². The molecule has 14 heteroatoms. The van der Waals surface area contributed by atoms with Gasteiger partial charge in [-0.2, -0.15) is 8.78 Å². The average molecular weight is 504 g/mol. The molecule has 0 spiro atoms. The van der Waals surface area contributed by atoms with Gasteiger partial charge in [-0.3, -0.25) is 24.0 Å². The summed E-state index contributed by atoms with van der Waals surface area (Å²) in [5.74, 6) is -14.8. The van der Waals surface area contributed by atoms with Crippen LogP contribution in [0, 0.1) is 35.1 Å². The van der Waals surface area contributed by atoms with Gasteiger partial charge in [-0.1, -0.05) is 13.8 Å². The van der Waals surface area contributed by atoms with E-state index in [1.54, 1.807) is 0 Å². The molecule has 0 saturated carbocycles. The average Bonchev–Trinajstić information content (AvgIpc) is 3.19. The number of rotatable bonds is 10. The summed E-state index contributed by atoms with van der Waals surface area (Å²) in [5.41, 5.74) is 4.89. The van der Waals surface area contributed by atoms with Crippen molar-refractivity contribution in [2.24, 2.45) is 17.6 Å². The van der Waals surface area contributed by atoms with Crippen molar-refractivity contribution in [2.75, 3.05) is 13.2 Å². The summed E-state index contributed by atoms with van der Waals surface area (Å²) in [4.78, 5) is 60.2. The molecule has 0 aliphatic carbocycles. The predicted octanol–water partition coefficient (Wildman–Crippen LogP) is -0.172. The van der Waals surface area contributed by atoms with E-state index in [2.05, 4.69) is 20.7 Å². The number of carbonyl (C=O) groups is 5. The largest absolute Gasteiger partial charge is 0.479 e. The summed E-state index contributed by atoms with van der Waals surface area (Å²) < 4.78 is 59.2. The lowest BCUT2D eigenvalue weighted by atomic mass is 9.95. The van der Waals surface area contributed by atoms with E-state index < -0.39 is 89.0 Å². The first-order valence-electron chi connectivity index (χ1n) is 10.5. The Bertz CT molecular complexity index is 1010. The summed E-state index contributed by atoms with van der Waals surface area (Å²) in [5, 5.41) is 6.99. The second-order valence-electron chi connectivity index (χ2n) is 8.19. The minimum atomic E-state index is -1.86. The van der Waals surface area contributed by atoms with Crippen LogP contribution in [0.15, 0.2) is 6.07 Å². The molecule has 5 N–H and O–H groups in total. The van der Waals surface area contributed by atoms with Crippen molar-refractivity contribution in [3.8, 4) is 5.75 Å². The van der Waals surface area contributed by atoms with Crippen molar-refractivity contribution in [3.05, 3.63) is 29.3 Å². The summed E-state index contributed by atoms with van der Waals surface area (Å²) in [6.07, 6.45) is 0.0839. The van der Waals surface area contributed by atoms with Crippen LogP contribution >= 0.6 is 0 Å². The van der Waals surface area contributed by atoms with Crippen molar-refractivity contribution in [1.29, 1.82) is 0 Å². The van der Waals surface area contributed by atoms with Crippen LogP contribution in [0.1, 0.15) is 26.7 Å². The van der Waals surface area contributed by atoms with Crippen molar-refractivity contribution in [2.45, 2.75) is 38.8 Å². The maximum absolute atomic E-state index is 13.8. The molecule has 0 aromatic heterocycles. The lowest BCUT2D eigenvalue weighted by Gasteiger charge is -2.25. The number of hydrogen-bond donors (Lipinski definition) is 4. The number of ether oxygens (including phenoxy) is 1. The van der Waals surface area contributed by atoms with Gasteiger partial charge in [-0.25, -0.2) is 8.78 Å². The van der Waals surface area contributed by atoms with Crippen molar-refractivity contribution < 1.29 is 46.3 Å². The van der Waals surface area contributed by atoms with Gasteiger partial charge >= 0.3 is 11.8 Å². The van der Waals surface area contributed by atoms with Gasteiger partial charge in [0, 0.05) is 18.5 Å². The van der Waals surface area contributed by atoms with Gasteiger partial charge in [0.1, 0.15) is 12.6 Å². The number of nitrogens with one attached hydrogen (secondary N) is 3. The molecule has 1 aliphatic rings. The van der Waals surface area contributed by atoms with E-state index in [4.69, 9.17) is 5.73 Å². The van der Waals surface area contributed by atoms with E-state index in [1.807, 2.05) is 0 Å². The topological polar surface area (TPSA) is 157 Å². The molecule has 1 heterocycles. The molecule has 3 atom stereocenters. The van der Waals surface area contributed by atoms with Crippen molar-refractivity contribution in [3.63, 3.8) is 0 Å². The zero-order chi connectivity index (χ0) is 26.4. The van der Waals surface area contributed by atoms with E-state index in [9.17, 15) is 41.5 Å². The Labute approximate surface area is 196 Å². The normalized spacial score (nSPS) is 16.9. The Balaban J connectivity index is 2.22. The molecule has 192 valence electrons. The number of amides is 4. The van der Waals surface area contributed by atoms with E-state index in [0.717, 1.165) is 0 Å². The summed E-state index contributed by atoms with van der Waals surface area (Å²) in [7, 11) is 0. The molecule has 1 aromatic carbocycles. The standard InChI is InChI=1S/C21H24F4N4O6/c1-8(2)16(29-21(34)18(26)31)20(33)28-12(5-9-3-4-27-19(9)32)13(30)7-35-17-14(24)10(22)6-11(23)15(17)25/h6,8-9,12,16H,3-5,7H2,1-2H3,(H2,26,31)(H,27,32)(H,28,33)(H,29,34)/t9-,12-,16-/m0/s1. The number of Topliss-reactive ketones (excluding diaryl/α,β-unsaturated/α-hetero) is 1. The lowest BCUT2D eigenvalue weighted by molar-refractivity contribution is -0.140. The first kappa shape index (κ1) is 27.5. The lowest BCUT2D eigenvalue weighted by Crippen LogP contribution is -2.56. The second-order valence-corrected chi connectivity index (χ2v) is 8.19. The number of carbonyl (C=O) groups excluding carboxylic acids is 5.